The second kappa shape index (κ2) is 7.91. The fourth-order valence-corrected chi connectivity index (χ4v) is 4.52. The molecule has 2 amide bonds. The first kappa shape index (κ1) is 19.5. The van der Waals surface area contributed by atoms with Crippen molar-refractivity contribution in [1.29, 1.82) is 0 Å². The summed E-state index contributed by atoms with van der Waals surface area (Å²) in [7, 11) is 0. The molecule has 1 unspecified atom stereocenters. The number of carbonyl (C=O) groups excluding carboxylic acids is 2. The molecule has 0 bridgehead atoms. The Kier molecular flexibility index (Phi) is 5.32. The van der Waals surface area contributed by atoms with Gasteiger partial charge in [0, 0.05) is 31.4 Å². The second-order valence-electron chi connectivity index (χ2n) is 8.17. The minimum absolute atomic E-state index is 0.0324. The van der Waals surface area contributed by atoms with Crippen LogP contribution in [0.5, 0.6) is 0 Å². The van der Waals surface area contributed by atoms with Crippen LogP contribution in [0.15, 0.2) is 42.7 Å². The number of carbonyl (C=O) groups is 2. The van der Waals surface area contributed by atoms with Crippen LogP contribution in [-0.4, -0.2) is 69.0 Å². The number of aliphatic hydroxyl groups is 1. The lowest BCUT2D eigenvalue weighted by atomic mass is 9.76. The number of benzene rings is 1. The highest BCUT2D eigenvalue weighted by Gasteiger charge is 2.47. The summed E-state index contributed by atoms with van der Waals surface area (Å²) in [6.07, 6.45) is 5.53. The number of hydrogen-bond acceptors (Lipinski definition) is 5. The molecule has 1 atom stereocenters. The zero-order valence-corrected chi connectivity index (χ0v) is 16.6. The Labute approximate surface area is 170 Å². The lowest BCUT2D eigenvalue weighted by Crippen LogP contribution is -2.45. The number of piperidine rings is 1. The number of aryl methyl sites for hydroxylation is 1. The smallest absolute Gasteiger partial charge is 0.274 e. The van der Waals surface area contributed by atoms with Gasteiger partial charge in [-0.05, 0) is 43.7 Å². The van der Waals surface area contributed by atoms with E-state index in [4.69, 9.17) is 0 Å². The second-order valence-corrected chi connectivity index (χ2v) is 8.17. The molecule has 2 aliphatic rings. The van der Waals surface area contributed by atoms with Crippen LogP contribution in [0.25, 0.3) is 0 Å². The molecule has 152 valence electrons. The third-order valence-electron chi connectivity index (χ3n) is 6.22. The quantitative estimate of drug-likeness (QED) is 0.859. The number of likely N-dealkylation sites (tertiary alicyclic amines) is 2. The largest absolute Gasteiger partial charge is 0.394 e. The van der Waals surface area contributed by atoms with E-state index in [0.717, 1.165) is 25.0 Å². The minimum Gasteiger partial charge on any atom is -0.394 e. The number of hydrogen-bond donors (Lipinski definition) is 1. The average Bonchev–Trinajstić information content (AvgIpc) is 3.12. The number of rotatable bonds is 3. The summed E-state index contributed by atoms with van der Waals surface area (Å²) in [6.45, 7) is 3.67. The molecule has 1 aromatic heterocycles. The number of amides is 2. The van der Waals surface area contributed by atoms with Gasteiger partial charge in [-0.25, -0.2) is 4.98 Å². The summed E-state index contributed by atoms with van der Waals surface area (Å²) in [5, 5.41) is 9.88. The predicted octanol–water partition coefficient (Wildman–Crippen LogP) is 1.91. The molecule has 4 rings (SSSR count). The van der Waals surface area contributed by atoms with E-state index in [-0.39, 0.29) is 29.9 Å². The molecule has 7 heteroatoms. The van der Waals surface area contributed by atoms with Crippen LogP contribution in [0.4, 0.5) is 0 Å². The average molecular weight is 394 g/mol. The van der Waals surface area contributed by atoms with Crippen molar-refractivity contribution in [2.45, 2.75) is 32.2 Å². The maximum atomic E-state index is 13.0. The molecule has 1 N–H and O–H groups in total. The van der Waals surface area contributed by atoms with Crippen molar-refractivity contribution in [3.8, 4) is 0 Å². The van der Waals surface area contributed by atoms with Gasteiger partial charge in [-0.3, -0.25) is 14.6 Å². The van der Waals surface area contributed by atoms with Crippen molar-refractivity contribution < 1.29 is 14.7 Å². The van der Waals surface area contributed by atoms with Crippen LogP contribution < -0.4 is 0 Å². The van der Waals surface area contributed by atoms with Crippen LogP contribution in [0.3, 0.4) is 0 Å². The number of aliphatic hydroxyl groups excluding tert-OH is 1. The molecule has 7 nitrogen and oxygen atoms in total. The van der Waals surface area contributed by atoms with Crippen LogP contribution >= 0.6 is 0 Å². The van der Waals surface area contributed by atoms with Crippen molar-refractivity contribution in [1.82, 2.24) is 19.8 Å². The summed E-state index contributed by atoms with van der Waals surface area (Å²) in [6, 6.07) is 9.04. The molecule has 1 spiro atoms. The SMILES string of the molecule is Cc1cnc(C(=O)N2CCC3(CC2)CC(CO)N(C(=O)c2ccccc2)C3)cn1. The van der Waals surface area contributed by atoms with E-state index in [1.807, 2.05) is 47.1 Å². The highest BCUT2D eigenvalue weighted by Crippen LogP contribution is 2.43. The summed E-state index contributed by atoms with van der Waals surface area (Å²) in [5.41, 5.74) is 1.75. The Morgan fingerprint density at radius 2 is 1.83 bits per heavy atom. The van der Waals surface area contributed by atoms with Gasteiger partial charge in [-0.2, -0.15) is 0 Å². The minimum atomic E-state index is -0.173. The molecule has 0 saturated carbocycles. The number of aromatic nitrogens is 2. The molecular formula is C22H26N4O3. The van der Waals surface area contributed by atoms with Crippen molar-refractivity contribution in [3.63, 3.8) is 0 Å². The first-order valence-corrected chi connectivity index (χ1v) is 10.1. The van der Waals surface area contributed by atoms with Crippen molar-refractivity contribution >= 4 is 11.8 Å². The highest BCUT2D eigenvalue weighted by atomic mass is 16.3. The van der Waals surface area contributed by atoms with Crippen LogP contribution in [0, 0.1) is 12.3 Å². The van der Waals surface area contributed by atoms with E-state index < -0.39 is 0 Å². The van der Waals surface area contributed by atoms with Gasteiger partial charge >= 0.3 is 0 Å². The van der Waals surface area contributed by atoms with Gasteiger partial charge in [0.25, 0.3) is 11.8 Å². The third kappa shape index (κ3) is 3.87. The van der Waals surface area contributed by atoms with Crippen molar-refractivity contribution in [2.24, 2.45) is 5.41 Å². The van der Waals surface area contributed by atoms with Gasteiger partial charge in [-0.1, -0.05) is 18.2 Å². The van der Waals surface area contributed by atoms with Gasteiger partial charge in [-0.15, -0.1) is 0 Å². The highest BCUT2D eigenvalue weighted by molar-refractivity contribution is 5.94. The molecular weight excluding hydrogens is 368 g/mol. The predicted molar refractivity (Wildman–Crippen MR) is 107 cm³/mol. The third-order valence-corrected chi connectivity index (χ3v) is 6.22. The van der Waals surface area contributed by atoms with E-state index in [1.54, 1.807) is 6.20 Å². The molecule has 3 heterocycles. The van der Waals surface area contributed by atoms with Gasteiger partial charge in [0.05, 0.1) is 24.5 Å². The van der Waals surface area contributed by atoms with Gasteiger partial charge in [0.2, 0.25) is 0 Å². The molecule has 2 fully saturated rings. The molecule has 2 aromatic rings. The van der Waals surface area contributed by atoms with Crippen LogP contribution in [-0.2, 0) is 0 Å². The fraction of sp³-hybridized carbons (Fsp3) is 0.455. The topological polar surface area (TPSA) is 86.6 Å². The fourth-order valence-electron chi connectivity index (χ4n) is 4.52. The maximum Gasteiger partial charge on any atom is 0.274 e. The van der Waals surface area contributed by atoms with Crippen molar-refractivity contribution in [2.75, 3.05) is 26.2 Å². The van der Waals surface area contributed by atoms with Crippen LogP contribution in [0.2, 0.25) is 0 Å². The first-order valence-electron chi connectivity index (χ1n) is 10.1. The van der Waals surface area contributed by atoms with Gasteiger partial charge in [0.1, 0.15) is 5.69 Å². The van der Waals surface area contributed by atoms with E-state index in [0.29, 0.717) is 30.9 Å². The Hall–Kier alpha value is -2.80. The lowest BCUT2D eigenvalue weighted by Gasteiger charge is -2.39. The van der Waals surface area contributed by atoms with E-state index in [2.05, 4.69) is 9.97 Å². The first-order chi connectivity index (χ1) is 14.0. The Bertz CT molecular complexity index is 877. The maximum absolute atomic E-state index is 13.0. The van der Waals surface area contributed by atoms with Gasteiger partial charge < -0.3 is 14.9 Å². The normalized spacial score (nSPS) is 20.8. The van der Waals surface area contributed by atoms with E-state index in [9.17, 15) is 14.7 Å². The Balaban J connectivity index is 1.43. The molecule has 1 aromatic carbocycles. The van der Waals surface area contributed by atoms with Gasteiger partial charge in [0.15, 0.2) is 0 Å². The zero-order chi connectivity index (χ0) is 20.4. The zero-order valence-electron chi connectivity index (χ0n) is 16.6. The molecule has 29 heavy (non-hydrogen) atoms. The Morgan fingerprint density at radius 3 is 2.45 bits per heavy atom. The molecule has 2 saturated heterocycles. The van der Waals surface area contributed by atoms with E-state index >= 15 is 0 Å². The molecule has 0 radical (unpaired) electrons. The van der Waals surface area contributed by atoms with Crippen LogP contribution in [0.1, 0.15) is 45.8 Å². The molecule has 0 aliphatic carbocycles. The van der Waals surface area contributed by atoms with E-state index in [1.165, 1.54) is 6.20 Å². The monoisotopic (exact) mass is 394 g/mol. The Morgan fingerprint density at radius 1 is 1.10 bits per heavy atom. The summed E-state index contributed by atoms with van der Waals surface area (Å²) >= 11 is 0. The number of nitrogens with zero attached hydrogens (tertiary/aromatic N) is 4. The standard InChI is InChI=1S/C22H26N4O3/c1-16-12-24-19(13-23-16)21(29)25-9-7-22(8-10-25)11-18(14-27)26(15-22)20(28)17-5-3-2-4-6-17/h2-6,12-13,18,27H,7-11,14-15H2,1H3. The summed E-state index contributed by atoms with van der Waals surface area (Å²) < 4.78 is 0. The summed E-state index contributed by atoms with van der Waals surface area (Å²) in [5.74, 6) is -0.128. The lowest BCUT2D eigenvalue weighted by molar-refractivity contribution is 0.0555. The summed E-state index contributed by atoms with van der Waals surface area (Å²) in [4.78, 5) is 37.7. The molecule has 2 aliphatic heterocycles. The van der Waals surface area contributed by atoms with Crippen molar-refractivity contribution in [3.05, 3.63) is 59.7 Å².